The molecule has 7 rings (SSSR count). The molecule has 44 heavy (non-hydrogen) atoms. The maximum absolute atomic E-state index is 15.0. The molecule has 3 heterocycles. The topological polar surface area (TPSA) is 75.7 Å². The Morgan fingerprint density at radius 3 is 2.25 bits per heavy atom. The van der Waals surface area contributed by atoms with E-state index in [1.165, 1.54) is 0 Å². The first-order chi connectivity index (χ1) is 21.3. The molecule has 0 bridgehead atoms. The number of fused-ring (bicyclic) bond motifs is 6. The van der Waals surface area contributed by atoms with Crippen molar-refractivity contribution < 1.29 is 19.1 Å². The Morgan fingerprint density at radius 2 is 1.52 bits per heavy atom. The van der Waals surface area contributed by atoms with E-state index in [4.69, 9.17) is 4.74 Å². The molecule has 0 aliphatic carbocycles. The van der Waals surface area contributed by atoms with Crippen LogP contribution in [-0.2, 0) is 16.6 Å². The normalized spacial score (nSPS) is 22.9. The average Bonchev–Trinajstić information content (AvgIpc) is 3.52. The van der Waals surface area contributed by atoms with E-state index < -0.39 is 23.4 Å². The maximum Gasteiger partial charge on any atom is 0.238 e. The van der Waals surface area contributed by atoms with Gasteiger partial charge in [-0.05, 0) is 71.0 Å². The Hall–Kier alpha value is -4.97. The summed E-state index contributed by atoms with van der Waals surface area (Å²) in [7, 11) is 1.58. The summed E-state index contributed by atoms with van der Waals surface area (Å²) in [5.41, 5.74) is 4.03. The second-order valence-electron chi connectivity index (χ2n) is 12.3. The molecule has 0 aromatic heterocycles. The molecule has 220 valence electrons. The number of hydrogen-bond acceptors (Lipinski definition) is 5. The Morgan fingerprint density at radius 1 is 0.864 bits per heavy atom. The van der Waals surface area contributed by atoms with Crippen molar-refractivity contribution in [1.29, 1.82) is 0 Å². The summed E-state index contributed by atoms with van der Waals surface area (Å²) in [6, 6.07) is 28.6. The number of Topliss-reactive ketones (excluding diaryl/α,β-unsaturated/α-hetero) is 2. The molecule has 3 aliphatic rings. The van der Waals surface area contributed by atoms with Gasteiger partial charge in [-0.15, -0.1) is 0 Å². The smallest absolute Gasteiger partial charge is 0.238 e. The van der Waals surface area contributed by atoms with E-state index in [0.29, 0.717) is 28.5 Å². The number of methoxy groups -OCH3 is 1. The number of para-hydroxylation sites is 1. The van der Waals surface area contributed by atoms with Crippen LogP contribution >= 0.6 is 0 Å². The van der Waals surface area contributed by atoms with Crippen LogP contribution in [0.2, 0.25) is 0 Å². The van der Waals surface area contributed by atoms with Gasteiger partial charge in [0.2, 0.25) is 5.91 Å². The number of nitrogens with zero attached hydrogens (tertiary/aromatic N) is 1. The highest BCUT2D eigenvalue weighted by Crippen LogP contribution is 2.62. The zero-order valence-corrected chi connectivity index (χ0v) is 25.0. The highest BCUT2D eigenvalue weighted by atomic mass is 16.5. The molecule has 0 radical (unpaired) electrons. The number of ketones is 2. The number of hydrogen-bond donors (Lipinski definition) is 1. The molecule has 0 unspecified atom stereocenters. The van der Waals surface area contributed by atoms with Gasteiger partial charge >= 0.3 is 0 Å². The quantitative estimate of drug-likeness (QED) is 0.241. The standard InChI is InChI=1S/C38H34N2O4/c1-23(2)22-24-12-14-26(15-13-24)34(41)32-33(35(42)27-16-18-28(44-3)19-17-27)40-21-20-25-8-4-5-9-29(25)36(40)38(32)30-10-6-7-11-31(30)39-37(38)43/h4-21,23,32-33,36H,22H2,1-3H3,(H,39,43)/t32-,33+,36+,38+/m0/s1. The lowest BCUT2D eigenvalue weighted by Gasteiger charge is -2.38. The molecule has 4 atom stereocenters. The minimum atomic E-state index is -1.35. The zero-order chi connectivity index (χ0) is 30.6. The number of rotatable bonds is 7. The summed E-state index contributed by atoms with van der Waals surface area (Å²) in [5.74, 6) is -0.600. The van der Waals surface area contributed by atoms with Crippen molar-refractivity contribution >= 4 is 29.2 Å². The number of anilines is 1. The summed E-state index contributed by atoms with van der Waals surface area (Å²) in [6.07, 6.45) is 4.77. The van der Waals surface area contributed by atoms with E-state index in [0.717, 1.165) is 28.7 Å². The lowest BCUT2D eigenvalue weighted by atomic mass is 9.62. The van der Waals surface area contributed by atoms with Crippen molar-refractivity contribution in [2.45, 2.75) is 37.8 Å². The van der Waals surface area contributed by atoms with E-state index >= 15 is 0 Å². The van der Waals surface area contributed by atoms with Gasteiger partial charge in [0, 0.05) is 23.0 Å². The maximum atomic E-state index is 15.0. The van der Waals surface area contributed by atoms with E-state index in [1.54, 1.807) is 31.4 Å². The lowest BCUT2D eigenvalue weighted by Crippen LogP contribution is -2.49. The largest absolute Gasteiger partial charge is 0.497 e. The molecule has 0 saturated carbocycles. The van der Waals surface area contributed by atoms with E-state index in [2.05, 4.69) is 19.2 Å². The molecule has 1 spiro atoms. The molecule has 4 aromatic carbocycles. The highest BCUT2D eigenvalue weighted by Gasteiger charge is 2.70. The molecule has 6 nitrogen and oxygen atoms in total. The third-order valence-electron chi connectivity index (χ3n) is 9.38. The van der Waals surface area contributed by atoms with Crippen LogP contribution in [0.15, 0.2) is 103 Å². The predicted molar refractivity (Wildman–Crippen MR) is 171 cm³/mol. The number of nitrogens with one attached hydrogen (secondary N) is 1. The average molecular weight is 583 g/mol. The van der Waals surface area contributed by atoms with Crippen LogP contribution in [0, 0.1) is 11.8 Å². The number of carbonyl (C=O) groups is 3. The van der Waals surface area contributed by atoms with Crippen molar-refractivity contribution in [3.8, 4) is 5.75 Å². The second-order valence-corrected chi connectivity index (χ2v) is 12.3. The van der Waals surface area contributed by atoms with Gasteiger partial charge in [-0.3, -0.25) is 14.4 Å². The first-order valence-corrected chi connectivity index (χ1v) is 15.1. The predicted octanol–water partition coefficient (Wildman–Crippen LogP) is 6.88. The van der Waals surface area contributed by atoms with Crippen molar-refractivity contribution in [3.05, 3.63) is 137 Å². The fraction of sp³-hybridized carbons (Fsp3) is 0.237. The van der Waals surface area contributed by atoms with Gasteiger partial charge in [0.25, 0.3) is 0 Å². The van der Waals surface area contributed by atoms with Gasteiger partial charge in [-0.1, -0.05) is 80.6 Å². The summed E-state index contributed by atoms with van der Waals surface area (Å²) in [5, 5.41) is 3.11. The third kappa shape index (κ3) is 4.12. The van der Waals surface area contributed by atoms with Crippen LogP contribution in [0.4, 0.5) is 5.69 Å². The Balaban J connectivity index is 1.47. The third-order valence-corrected chi connectivity index (χ3v) is 9.38. The number of carbonyl (C=O) groups excluding carboxylic acids is 3. The number of amides is 1. The molecular formula is C38H34N2O4. The number of ether oxygens (including phenoxy) is 1. The lowest BCUT2D eigenvalue weighted by molar-refractivity contribution is -0.122. The van der Waals surface area contributed by atoms with Crippen LogP contribution in [0.25, 0.3) is 6.08 Å². The van der Waals surface area contributed by atoms with Crippen molar-refractivity contribution in [3.63, 3.8) is 0 Å². The van der Waals surface area contributed by atoms with Crippen LogP contribution in [0.3, 0.4) is 0 Å². The number of benzene rings is 4. The van der Waals surface area contributed by atoms with Crippen LogP contribution in [0.5, 0.6) is 5.75 Å². The Labute approximate surface area is 257 Å². The van der Waals surface area contributed by atoms with Crippen molar-refractivity contribution in [1.82, 2.24) is 4.90 Å². The summed E-state index contributed by atoms with van der Waals surface area (Å²) >= 11 is 0. The molecule has 6 heteroatoms. The van der Waals surface area contributed by atoms with E-state index in [9.17, 15) is 14.4 Å². The van der Waals surface area contributed by atoms with Gasteiger partial charge in [0.1, 0.15) is 17.2 Å². The summed E-state index contributed by atoms with van der Waals surface area (Å²) in [4.78, 5) is 46.2. The minimum absolute atomic E-state index is 0.217. The van der Waals surface area contributed by atoms with Gasteiger partial charge in [0.05, 0.1) is 19.1 Å². The Kier molecular flexibility index (Phi) is 6.73. The SMILES string of the molecule is COc1ccc(C(=O)[C@H]2[C@@H](C(=O)c3ccc(CC(C)C)cc3)[C@@]3(C(=O)Nc4ccccc43)[C@H]3c4ccccc4C=CN23)cc1. The highest BCUT2D eigenvalue weighted by molar-refractivity contribution is 6.16. The van der Waals surface area contributed by atoms with Gasteiger partial charge in [0.15, 0.2) is 11.6 Å². The molecule has 1 amide bonds. The molecule has 1 saturated heterocycles. The molecular weight excluding hydrogens is 548 g/mol. The van der Waals surface area contributed by atoms with E-state index in [1.807, 2.05) is 90.0 Å². The fourth-order valence-electron chi connectivity index (χ4n) is 7.55. The van der Waals surface area contributed by atoms with Crippen molar-refractivity contribution in [2.24, 2.45) is 11.8 Å². The van der Waals surface area contributed by atoms with Crippen molar-refractivity contribution in [2.75, 3.05) is 12.4 Å². The zero-order valence-electron chi connectivity index (χ0n) is 25.0. The van der Waals surface area contributed by atoms with E-state index in [-0.39, 0.29) is 17.5 Å². The minimum Gasteiger partial charge on any atom is -0.497 e. The molecule has 1 fully saturated rings. The first-order valence-electron chi connectivity index (χ1n) is 15.1. The van der Waals surface area contributed by atoms with Crippen LogP contribution < -0.4 is 10.1 Å². The molecule has 3 aliphatic heterocycles. The van der Waals surface area contributed by atoms with Crippen LogP contribution in [-0.4, -0.2) is 35.5 Å². The van der Waals surface area contributed by atoms with Gasteiger partial charge < -0.3 is 15.0 Å². The Bertz CT molecular complexity index is 1810. The first kappa shape index (κ1) is 27.8. The molecule has 4 aromatic rings. The second kappa shape index (κ2) is 10.6. The van der Waals surface area contributed by atoms with Crippen LogP contribution in [0.1, 0.15) is 62.9 Å². The molecule has 1 N–H and O–H groups in total. The monoisotopic (exact) mass is 582 g/mol. The van der Waals surface area contributed by atoms with Gasteiger partial charge in [-0.2, -0.15) is 0 Å². The summed E-state index contributed by atoms with van der Waals surface area (Å²) in [6.45, 7) is 4.32. The van der Waals surface area contributed by atoms with Gasteiger partial charge in [-0.25, -0.2) is 0 Å². The fourth-order valence-corrected chi connectivity index (χ4v) is 7.55. The summed E-state index contributed by atoms with van der Waals surface area (Å²) < 4.78 is 5.34.